The number of ether oxygens (including phenoxy) is 1. The van der Waals surface area contributed by atoms with E-state index in [4.69, 9.17) is 22.8 Å². The van der Waals surface area contributed by atoms with E-state index in [1.807, 2.05) is 0 Å². The van der Waals surface area contributed by atoms with Crippen LogP contribution in [0.5, 0.6) is 0 Å². The number of rotatable bonds is 15. The van der Waals surface area contributed by atoms with Crippen molar-refractivity contribution in [2.75, 3.05) is 11.9 Å². The van der Waals surface area contributed by atoms with Gasteiger partial charge in [0.05, 0.1) is 12.0 Å². The fourth-order valence-corrected chi connectivity index (χ4v) is 4.88. The molecule has 0 radical (unpaired) electrons. The highest BCUT2D eigenvalue weighted by molar-refractivity contribution is 6.28. The van der Waals surface area contributed by atoms with Crippen LogP contribution in [0.15, 0.2) is 12.3 Å². The summed E-state index contributed by atoms with van der Waals surface area (Å²) < 4.78 is 7.51. The molecule has 1 saturated heterocycles. The van der Waals surface area contributed by atoms with Crippen LogP contribution < -0.4 is 5.32 Å². The Balaban J connectivity index is 1.49. The molecule has 1 aliphatic heterocycles. The zero-order chi connectivity index (χ0) is 26.0. The number of fused-ring (bicyclic) bond motifs is 1. The molecule has 9 heteroatoms. The molecule has 2 aromatic rings. The lowest BCUT2D eigenvalue weighted by Gasteiger charge is -2.23. The van der Waals surface area contributed by atoms with Crippen LogP contribution >= 0.6 is 11.6 Å². The van der Waals surface area contributed by atoms with Crippen molar-refractivity contribution < 1.29 is 19.7 Å². The highest BCUT2D eigenvalue weighted by Gasteiger charge is 2.47. The molecule has 3 heterocycles. The van der Waals surface area contributed by atoms with Gasteiger partial charge in [0.15, 0.2) is 5.60 Å². The topological polar surface area (TPSA) is 110 Å². The number of hydrogen-bond donors (Lipinski definition) is 3. The number of anilines is 1. The van der Waals surface area contributed by atoms with Crippen molar-refractivity contribution in [3.05, 3.63) is 17.5 Å². The fraction of sp³-hybridized carbons (Fsp3) is 0.667. The van der Waals surface area contributed by atoms with E-state index in [0.29, 0.717) is 23.3 Å². The number of nitrogens with zero attached hydrogens (tertiary/aromatic N) is 3. The lowest BCUT2D eigenvalue weighted by atomic mass is 9.99. The summed E-state index contributed by atoms with van der Waals surface area (Å²) in [4.78, 5) is 21.1. The third kappa shape index (κ3) is 7.19. The van der Waals surface area contributed by atoms with Gasteiger partial charge in [-0.3, -0.25) is 4.79 Å². The van der Waals surface area contributed by atoms with Gasteiger partial charge in [0.1, 0.15) is 23.8 Å². The molecule has 0 saturated carbocycles. The number of carbonyl (C=O) groups is 1. The molecule has 1 fully saturated rings. The Labute approximate surface area is 218 Å². The highest BCUT2D eigenvalue weighted by atomic mass is 35.5. The summed E-state index contributed by atoms with van der Waals surface area (Å²) >= 11 is 6.16. The lowest BCUT2D eigenvalue weighted by molar-refractivity contribution is -0.116. The van der Waals surface area contributed by atoms with Crippen LogP contribution in [-0.4, -0.2) is 49.0 Å². The standard InChI is InChI=1S/C27H39ClN4O4/c1-3-5-6-7-8-9-10-11-12-13-14-15-22(35)29-24-20-16-17-32(25(20)31-26(28)30-24)23-18-21(34)27(4-2,19-33)36-23/h2,16-17,21,23,33-34H,3,5-15,18-19H2,1H3,(H,29,30,31,35)/t21-,23+,27+/m0/s1. The minimum Gasteiger partial charge on any atom is -0.392 e. The van der Waals surface area contributed by atoms with Crippen LogP contribution in [0.3, 0.4) is 0 Å². The fourth-order valence-electron chi connectivity index (χ4n) is 4.72. The van der Waals surface area contributed by atoms with E-state index in [2.05, 4.69) is 28.1 Å². The molecular weight excluding hydrogens is 480 g/mol. The minimum atomic E-state index is -1.47. The third-order valence-electron chi connectivity index (χ3n) is 6.91. The molecule has 1 aliphatic rings. The van der Waals surface area contributed by atoms with Gasteiger partial charge >= 0.3 is 0 Å². The average molecular weight is 519 g/mol. The van der Waals surface area contributed by atoms with Crippen molar-refractivity contribution in [3.8, 4) is 12.3 Å². The van der Waals surface area contributed by atoms with Crippen molar-refractivity contribution >= 4 is 34.4 Å². The van der Waals surface area contributed by atoms with E-state index in [-0.39, 0.29) is 17.6 Å². The molecule has 0 aromatic carbocycles. The Hall–Kier alpha value is -2.18. The Morgan fingerprint density at radius 2 is 1.83 bits per heavy atom. The molecule has 3 N–H and O–H groups in total. The Morgan fingerprint density at radius 3 is 2.42 bits per heavy atom. The number of halogens is 1. The molecule has 3 rings (SSSR count). The van der Waals surface area contributed by atoms with Crippen LogP contribution in [0.25, 0.3) is 11.0 Å². The lowest BCUT2D eigenvalue weighted by Crippen LogP contribution is -2.41. The van der Waals surface area contributed by atoms with Gasteiger partial charge in [-0.2, -0.15) is 9.97 Å². The highest BCUT2D eigenvalue weighted by Crippen LogP contribution is 2.38. The van der Waals surface area contributed by atoms with Crippen molar-refractivity contribution in [1.29, 1.82) is 0 Å². The van der Waals surface area contributed by atoms with Crippen LogP contribution in [0.1, 0.15) is 96.6 Å². The number of carbonyl (C=O) groups excluding carboxylic acids is 1. The van der Waals surface area contributed by atoms with Crippen LogP contribution in [0.2, 0.25) is 5.28 Å². The SMILES string of the molecule is C#C[C@]1(CO)O[C@@H](n2ccc3c(NC(=O)CCCCCCCCCCCCC)nc(Cl)nc32)C[C@@H]1O. The van der Waals surface area contributed by atoms with Crippen molar-refractivity contribution in [3.63, 3.8) is 0 Å². The number of terminal acetylenes is 1. The van der Waals surface area contributed by atoms with E-state index < -0.39 is 24.5 Å². The van der Waals surface area contributed by atoms with Gasteiger partial charge in [0.25, 0.3) is 0 Å². The maximum atomic E-state index is 12.6. The molecule has 0 aliphatic carbocycles. The zero-order valence-corrected chi connectivity index (χ0v) is 22.0. The second-order valence-electron chi connectivity index (χ2n) is 9.65. The second kappa shape index (κ2) is 13.9. The summed E-state index contributed by atoms with van der Waals surface area (Å²) in [6.07, 6.45) is 19.6. The van der Waals surface area contributed by atoms with Crippen LogP contribution in [0.4, 0.5) is 5.82 Å². The smallest absolute Gasteiger partial charge is 0.226 e. The second-order valence-corrected chi connectivity index (χ2v) is 9.99. The van der Waals surface area contributed by atoms with Gasteiger partial charge in [-0.25, -0.2) is 0 Å². The van der Waals surface area contributed by atoms with Gasteiger partial charge in [0.2, 0.25) is 11.2 Å². The summed E-state index contributed by atoms with van der Waals surface area (Å²) in [7, 11) is 0. The number of unbranched alkanes of at least 4 members (excludes halogenated alkanes) is 10. The first kappa shape index (κ1) is 28.4. The number of aliphatic hydroxyl groups is 2. The summed E-state index contributed by atoms with van der Waals surface area (Å²) in [6.45, 7) is 1.74. The van der Waals surface area contributed by atoms with E-state index >= 15 is 0 Å². The van der Waals surface area contributed by atoms with Crippen molar-refractivity contribution in [2.45, 2.75) is 108 Å². The summed E-state index contributed by atoms with van der Waals surface area (Å²) in [5, 5.41) is 23.5. The maximum Gasteiger partial charge on any atom is 0.226 e. The molecule has 2 aromatic heterocycles. The predicted octanol–water partition coefficient (Wildman–Crippen LogP) is 5.37. The molecule has 8 nitrogen and oxygen atoms in total. The normalized spacial score (nSPS) is 21.6. The number of hydrogen-bond acceptors (Lipinski definition) is 6. The minimum absolute atomic E-state index is 0.0173. The molecule has 36 heavy (non-hydrogen) atoms. The Bertz CT molecular complexity index is 1040. The Morgan fingerprint density at radius 1 is 1.19 bits per heavy atom. The molecule has 1 amide bonds. The van der Waals surface area contributed by atoms with Crippen molar-refractivity contribution in [2.24, 2.45) is 0 Å². The molecule has 198 valence electrons. The summed E-state index contributed by atoms with van der Waals surface area (Å²) in [5.74, 6) is 2.58. The first-order valence-corrected chi connectivity index (χ1v) is 13.6. The Kier molecular flexibility index (Phi) is 11.0. The zero-order valence-electron chi connectivity index (χ0n) is 21.2. The van der Waals surface area contributed by atoms with Gasteiger partial charge in [-0.1, -0.05) is 77.1 Å². The summed E-state index contributed by atoms with van der Waals surface area (Å²) in [6, 6.07) is 1.76. The summed E-state index contributed by atoms with van der Waals surface area (Å²) in [5.41, 5.74) is -1.02. The number of nitrogens with one attached hydrogen (secondary N) is 1. The largest absolute Gasteiger partial charge is 0.392 e. The first-order chi connectivity index (χ1) is 17.4. The number of aromatic nitrogens is 3. The van der Waals surface area contributed by atoms with E-state index in [1.54, 1.807) is 16.8 Å². The predicted molar refractivity (Wildman–Crippen MR) is 142 cm³/mol. The quantitative estimate of drug-likeness (QED) is 0.166. The number of amides is 1. The molecule has 0 unspecified atom stereocenters. The third-order valence-corrected chi connectivity index (χ3v) is 7.08. The molecular formula is C27H39ClN4O4. The molecule has 0 bridgehead atoms. The van der Waals surface area contributed by atoms with E-state index in [1.165, 1.54) is 51.4 Å². The molecule has 3 atom stereocenters. The van der Waals surface area contributed by atoms with Crippen LogP contribution in [-0.2, 0) is 9.53 Å². The van der Waals surface area contributed by atoms with Gasteiger partial charge in [0, 0.05) is 19.0 Å². The average Bonchev–Trinajstić information content (AvgIpc) is 3.43. The first-order valence-electron chi connectivity index (χ1n) is 13.2. The maximum absolute atomic E-state index is 12.6. The monoisotopic (exact) mass is 518 g/mol. The van der Waals surface area contributed by atoms with Crippen LogP contribution in [0, 0.1) is 12.3 Å². The van der Waals surface area contributed by atoms with E-state index in [9.17, 15) is 15.0 Å². The van der Waals surface area contributed by atoms with Gasteiger partial charge in [-0.05, 0) is 24.1 Å². The van der Waals surface area contributed by atoms with Gasteiger partial charge in [-0.15, -0.1) is 6.42 Å². The van der Waals surface area contributed by atoms with Gasteiger partial charge < -0.3 is 24.8 Å². The van der Waals surface area contributed by atoms with Crippen molar-refractivity contribution in [1.82, 2.24) is 14.5 Å². The molecule has 0 spiro atoms. The number of aliphatic hydroxyl groups excluding tert-OH is 2. The van der Waals surface area contributed by atoms with E-state index in [0.717, 1.165) is 19.3 Å².